The molecule has 0 radical (unpaired) electrons. The Morgan fingerprint density at radius 2 is 1.71 bits per heavy atom. The molecule has 0 aliphatic rings. The van der Waals surface area contributed by atoms with E-state index in [0.717, 1.165) is 5.56 Å². The van der Waals surface area contributed by atoms with Crippen LogP contribution in [0.15, 0.2) is 61.3 Å². The lowest BCUT2D eigenvalue weighted by atomic mass is 10.1. The van der Waals surface area contributed by atoms with Crippen LogP contribution in [0.3, 0.4) is 0 Å². The second kappa shape index (κ2) is 11.0. The van der Waals surface area contributed by atoms with Gasteiger partial charge >= 0.3 is 0 Å². The van der Waals surface area contributed by atoms with Gasteiger partial charge in [0.15, 0.2) is 11.6 Å². The number of carbonyl (C=O) groups excluding carboxylic acids is 1. The number of para-hydroxylation sites is 1. The van der Waals surface area contributed by atoms with Gasteiger partial charge in [-0.25, -0.2) is 30.4 Å². The Kier molecular flexibility index (Phi) is 7.38. The van der Waals surface area contributed by atoms with Gasteiger partial charge in [0.25, 0.3) is 5.91 Å². The number of benzene rings is 1. The van der Waals surface area contributed by atoms with Gasteiger partial charge in [-0.1, -0.05) is 6.07 Å². The maximum Gasteiger partial charge on any atom is 0.278 e. The summed E-state index contributed by atoms with van der Waals surface area (Å²) in [4.78, 5) is 39.3. The Hall–Kier alpha value is -4.64. The van der Waals surface area contributed by atoms with E-state index in [0.29, 0.717) is 46.9 Å². The minimum atomic E-state index is -0.457. The zero-order valence-corrected chi connectivity index (χ0v) is 19.4. The van der Waals surface area contributed by atoms with Crippen LogP contribution in [0.1, 0.15) is 22.8 Å². The molecule has 3 heterocycles. The van der Waals surface area contributed by atoms with E-state index >= 15 is 0 Å². The number of pyridine rings is 1. The van der Waals surface area contributed by atoms with Crippen LogP contribution < -0.4 is 20.9 Å². The summed E-state index contributed by atoms with van der Waals surface area (Å²) in [5.74, 6) is 1.38. The molecule has 0 fully saturated rings. The van der Waals surface area contributed by atoms with Crippen molar-refractivity contribution in [3.05, 3.63) is 72.4 Å². The normalized spacial score (nSPS) is 10.5. The van der Waals surface area contributed by atoms with Gasteiger partial charge in [0.2, 0.25) is 5.95 Å². The molecule has 0 aliphatic heterocycles. The number of anilines is 4. The average molecular weight is 473 g/mol. The SMILES string of the molecule is CCONC(=O)c1cnc(Nc2ncccn2)cc1Nc1cccc(-c2ncc(C)cn2)c1OC. The largest absolute Gasteiger partial charge is 0.494 e. The number of carbonyl (C=O) groups is 1. The van der Waals surface area contributed by atoms with Gasteiger partial charge in [-0.15, -0.1) is 0 Å². The Bertz CT molecular complexity index is 1300. The van der Waals surface area contributed by atoms with Crippen molar-refractivity contribution in [1.29, 1.82) is 0 Å². The van der Waals surface area contributed by atoms with Gasteiger partial charge < -0.3 is 15.4 Å². The van der Waals surface area contributed by atoms with Crippen molar-refractivity contribution in [1.82, 2.24) is 30.4 Å². The molecular weight excluding hydrogens is 448 g/mol. The van der Waals surface area contributed by atoms with Crippen molar-refractivity contribution in [2.24, 2.45) is 0 Å². The van der Waals surface area contributed by atoms with Crippen molar-refractivity contribution in [2.45, 2.75) is 13.8 Å². The fraction of sp³-hybridized carbons (Fsp3) is 0.167. The summed E-state index contributed by atoms with van der Waals surface area (Å²) in [6, 6.07) is 8.93. The Balaban J connectivity index is 1.73. The van der Waals surface area contributed by atoms with Crippen LogP contribution >= 0.6 is 0 Å². The summed E-state index contributed by atoms with van der Waals surface area (Å²) in [5, 5.41) is 6.30. The first-order valence-corrected chi connectivity index (χ1v) is 10.8. The zero-order valence-electron chi connectivity index (χ0n) is 19.4. The summed E-state index contributed by atoms with van der Waals surface area (Å²) in [7, 11) is 1.56. The van der Waals surface area contributed by atoms with Crippen LogP contribution in [0.25, 0.3) is 11.4 Å². The van der Waals surface area contributed by atoms with Crippen LogP contribution in [0.5, 0.6) is 5.75 Å². The highest BCUT2D eigenvalue weighted by Gasteiger charge is 2.18. The second-order valence-corrected chi connectivity index (χ2v) is 7.27. The Morgan fingerprint density at radius 3 is 2.43 bits per heavy atom. The summed E-state index contributed by atoms with van der Waals surface area (Å²) >= 11 is 0. The van der Waals surface area contributed by atoms with Crippen molar-refractivity contribution in [2.75, 3.05) is 24.4 Å². The summed E-state index contributed by atoms with van der Waals surface area (Å²) in [5.41, 5.74) is 5.37. The molecule has 3 aromatic heterocycles. The molecule has 35 heavy (non-hydrogen) atoms. The number of hydrogen-bond acceptors (Lipinski definition) is 10. The fourth-order valence-electron chi connectivity index (χ4n) is 3.19. The molecule has 11 heteroatoms. The molecule has 4 aromatic rings. The van der Waals surface area contributed by atoms with E-state index < -0.39 is 5.91 Å². The van der Waals surface area contributed by atoms with Gasteiger partial charge in [0.05, 0.1) is 36.2 Å². The predicted octanol–water partition coefficient (Wildman–Crippen LogP) is 3.81. The molecule has 0 saturated carbocycles. The number of methoxy groups -OCH3 is 1. The van der Waals surface area contributed by atoms with E-state index in [9.17, 15) is 4.79 Å². The second-order valence-electron chi connectivity index (χ2n) is 7.27. The highest BCUT2D eigenvalue weighted by molar-refractivity contribution is 6.00. The summed E-state index contributed by atoms with van der Waals surface area (Å²) < 4.78 is 5.71. The third kappa shape index (κ3) is 5.65. The molecule has 178 valence electrons. The third-order valence-electron chi connectivity index (χ3n) is 4.77. The molecular formula is C24H24N8O3. The lowest BCUT2D eigenvalue weighted by Crippen LogP contribution is -2.24. The number of nitrogens with one attached hydrogen (secondary N) is 3. The van der Waals surface area contributed by atoms with Crippen LogP contribution in [0.4, 0.5) is 23.1 Å². The highest BCUT2D eigenvalue weighted by Crippen LogP contribution is 2.37. The zero-order chi connectivity index (χ0) is 24.6. The van der Waals surface area contributed by atoms with Crippen LogP contribution in [-0.2, 0) is 4.84 Å². The lowest BCUT2D eigenvalue weighted by molar-refractivity contribution is 0.0365. The third-order valence-corrected chi connectivity index (χ3v) is 4.77. The van der Waals surface area contributed by atoms with E-state index in [1.165, 1.54) is 6.20 Å². The Morgan fingerprint density at radius 1 is 0.943 bits per heavy atom. The van der Waals surface area contributed by atoms with E-state index in [2.05, 4.69) is 41.0 Å². The fourth-order valence-corrected chi connectivity index (χ4v) is 3.19. The van der Waals surface area contributed by atoms with E-state index in [1.54, 1.807) is 51.0 Å². The first-order valence-electron chi connectivity index (χ1n) is 10.8. The maximum absolute atomic E-state index is 12.7. The van der Waals surface area contributed by atoms with Crippen LogP contribution in [-0.4, -0.2) is 44.5 Å². The summed E-state index contributed by atoms with van der Waals surface area (Å²) in [6.07, 6.45) is 8.14. The number of rotatable bonds is 9. The van der Waals surface area contributed by atoms with Gasteiger partial charge in [-0.3, -0.25) is 9.63 Å². The van der Waals surface area contributed by atoms with Crippen molar-refractivity contribution in [3.8, 4) is 17.1 Å². The number of aryl methyl sites for hydroxylation is 1. The van der Waals surface area contributed by atoms with Crippen LogP contribution in [0, 0.1) is 6.92 Å². The van der Waals surface area contributed by atoms with E-state index in [1.807, 2.05) is 25.1 Å². The van der Waals surface area contributed by atoms with Gasteiger partial charge in [0.1, 0.15) is 5.82 Å². The van der Waals surface area contributed by atoms with Crippen molar-refractivity contribution >= 4 is 29.0 Å². The quantitative estimate of drug-likeness (QED) is 0.308. The molecule has 4 rings (SSSR count). The monoisotopic (exact) mass is 472 g/mol. The predicted molar refractivity (Wildman–Crippen MR) is 131 cm³/mol. The molecule has 1 aromatic carbocycles. The first-order chi connectivity index (χ1) is 17.1. The standard InChI is InChI=1S/C24H24N8O3/c1-4-35-32-23(33)17-14-27-20(31-24-25-9-6-10-26-24)11-19(17)30-18-8-5-7-16(21(18)34-3)22-28-12-15(2)13-29-22/h5-14H,4H2,1-3H3,(H,32,33)(H2,25,26,27,30,31). The molecule has 0 spiro atoms. The highest BCUT2D eigenvalue weighted by atomic mass is 16.6. The molecule has 1 amide bonds. The molecule has 0 unspecified atom stereocenters. The first kappa shape index (κ1) is 23.5. The maximum atomic E-state index is 12.7. The summed E-state index contributed by atoms with van der Waals surface area (Å²) in [6.45, 7) is 4.01. The molecule has 11 nitrogen and oxygen atoms in total. The molecule has 0 aliphatic carbocycles. The molecule has 0 bridgehead atoms. The number of amides is 1. The van der Waals surface area contributed by atoms with Gasteiger partial charge in [-0.2, -0.15) is 0 Å². The smallest absolute Gasteiger partial charge is 0.278 e. The number of hydrogen-bond donors (Lipinski definition) is 3. The van der Waals surface area contributed by atoms with Crippen molar-refractivity contribution < 1.29 is 14.4 Å². The number of nitrogens with zero attached hydrogens (tertiary/aromatic N) is 5. The van der Waals surface area contributed by atoms with E-state index in [4.69, 9.17) is 9.57 Å². The lowest BCUT2D eigenvalue weighted by Gasteiger charge is -2.17. The molecule has 0 atom stereocenters. The number of hydroxylamine groups is 1. The average Bonchev–Trinajstić information content (AvgIpc) is 2.88. The number of aromatic nitrogens is 5. The number of ether oxygens (including phenoxy) is 1. The topological polar surface area (TPSA) is 136 Å². The molecule has 3 N–H and O–H groups in total. The van der Waals surface area contributed by atoms with Gasteiger partial charge in [0, 0.05) is 37.1 Å². The Labute approximate surface area is 202 Å². The van der Waals surface area contributed by atoms with E-state index in [-0.39, 0.29) is 5.56 Å². The van der Waals surface area contributed by atoms with Gasteiger partial charge in [-0.05, 0) is 37.6 Å². The van der Waals surface area contributed by atoms with Crippen molar-refractivity contribution in [3.63, 3.8) is 0 Å². The minimum Gasteiger partial charge on any atom is -0.494 e. The minimum absolute atomic E-state index is 0.261. The molecule has 0 saturated heterocycles. The van der Waals surface area contributed by atoms with Crippen LogP contribution in [0.2, 0.25) is 0 Å².